The maximum absolute atomic E-state index is 13.7. The third kappa shape index (κ3) is 5.42. The van der Waals surface area contributed by atoms with E-state index in [4.69, 9.17) is 4.74 Å². The summed E-state index contributed by atoms with van der Waals surface area (Å²) in [5.41, 5.74) is 1.50. The predicted molar refractivity (Wildman–Crippen MR) is 127 cm³/mol. The molecule has 0 unspecified atom stereocenters. The molecule has 1 amide bonds. The SMILES string of the molecule is CC(C)(C)OC(=O)N1C(=NCc2cc(F)cc(F)c2)N[C@H](c2ccccc2)[C@@H]1c1ccccc1. The molecule has 1 aliphatic heterocycles. The lowest BCUT2D eigenvalue weighted by molar-refractivity contribution is 0.0320. The molecule has 3 aromatic rings. The third-order valence-electron chi connectivity index (χ3n) is 5.33. The Balaban J connectivity index is 1.78. The van der Waals surface area contributed by atoms with E-state index in [1.54, 1.807) is 20.8 Å². The van der Waals surface area contributed by atoms with Crippen LogP contribution >= 0.6 is 0 Å². The van der Waals surface area contributed by atoms with Crippen molar-refractivity contribution in [3.8, 4) is 0 Å². The fourth-order valence-electron chi connectivity index (χ4n) is 3.99. The van der Waals surface area contributed by atoms with Gasteiger partial charge >= 0.3 is 6.09 Å². The molecule has 34 heavy (non-hydrogen) atoms. The number of guanidine groups is 1. The molecule has 0 radical (unpaired) electrons. The maximum atomic E-state index is 13.7. The zero-order valence-electron chi connectivity index (χ0n) is 19.3. The number of halogens is 2. The third-order valence-corrected chi connectivity index (χ3v) is 5.33. The van der Waals surface area contributed by atoms with Crippen molar-refractivity contribution in [1.82, 2.24) is 10.2 Å². The van der Waals surface area contributed by atoms with Gasteiger partial charge in [-0.1, -0.05) is 60.7 Å². The smallest absolute Gasteiger partial charge is 0.417 e. The highest BCUT2D eigenvalue weighted by molar-refractivity contribution is 5.97. The molecule has 0 saturated carbocycles. The second-order valence-corrected chi connectivity index (χ2v) is 9.16. The van der Waals surface area contributed by atoms with Crippen molar-refractivity contribution in [1.29, 1.82) is 0 Å². The van der Waals surface area contributed by atoms with Crippen molar-refractivity contribution in [2.75, 3.05) is 0 Å². The normalized spacial score (nSPS) is 19.2. The number of amides is 1. The topological polar surface area (TPSA) is 53.9 Å². The van der Waals surface area contributed by atoms with Crippen LogP contribution in [-0.4, -0.2) is 22.6 Å². The number of carbonyl (C=O) groups excluding carboxylic acids is 1. The Morgan fingerprint density at radius 1 is 0.941 bits per heavy atom. The second kappa shape index (κ2) is 9.63. The second-order valence-electron chi connectivity index (χ2n) is 9.16. The zero-order valence-corrected chi connectivity index (χ0v) is 19.3. The lowest BCUT2D eigenvalue weighted by Crippen LogP contribution is -2.41. The van der Waals surface area contributed by atoms with Crippen molar-refractivity contribution in [3.63, 3.8) is 0 Å². The molecule has 1 N–H and O–H groups in total. The van der Waals surface area contributed by atoms with Gasteiger partial charge in [0.15, 0.2) is 0 Å². The fourth-order valence-corrected chi connectivity index (χ4v) is 3.99. The standard InChI is InChI=1S/C27H27F2N3O2/c1-27(2,3)34-26(33)32-24(20-12-8-5-9-13-20)23(19-10-6-4-7-11-19)31-25(32)30-17-18-14-21(28)16-22(29)15-18/h4-16,23-24H,17H2,1-3H3,(H,30,31)/t23-,24+/m1/s1. The summed E-state index contributed by atoms with van der Waals surface area (Å²) < 4.78 is 33.1. The zero-order chi connectivity index (χ0) is 24.3. The molecule has 0 bridgehead atoms. The molecular weight excluding hydrogens is 436 g/mol. The van der Waals surface area contributed by atoms with Crippen molar-refractivity contribution < 1.29 is 18.3 Å². The summed E-state index contributed by atoms with van der Waals surface area (Å²) in [6.45, 7) is 5.38. The Morgan fingerprint density at radius 3 is 2.06 bits per heavy atom. The number of benzene rings is 3. The van der Waals surface area contributed by atoms with Crippen LogP contribution < -0.4 is 5.32 Å². The van der Waals surface area contributed by atoms with E-state index in [1.165, 1.54) is 17.0 Å². The fraction of sp³-hybridized carbons (Fsp3) is 0.259. The molecule has 1 fully saturated rings. The largest absolute Gasteiger partial charge is 0.443 e. The first-order valence-electron chi connectivity index (χ1n) is 11.1. The van der Waals surface area contributed by atoms with Crippen LogP contribution in [0.25, 0.3) is 0 Å². The number of carbonyl (C=O) groups is 1. The van der Waals surface area contributed by atoms with Gasteiger partial charge in [-0.2, -0.15) is 0 Å². The van der Waals surface area contributed by atoms with E-state index in [9.17, 15) is 13.6 Å². The highest BCUT2D eigenvalue weighted by Gasteiger charge is 2.45. The lowest BCUT2D eigenvalue weighted by Gasteiger charge is -2.29. The monoisotopic (exact) mass is 463 g/mol. The summed E-state index contributed by atoms with van der Waals surface area (Å²) in [6.07, 6.45) is -0.559. The first-order chi connectivity index (χ1) is 16.2. The van der Waals surface area contributed by atoms with Crippen molar-refractivity contribution in [2.45, 2.75) is 45.0 Å². The Kier molecular flexibility index (Phi) is 6.63. The minimum atomic E-state index is -0.722. The molecule has 5 nitrogen and oxygen atoms in total. The van der Waals surface area contributed by atoms with E-state index in [0.29, 0.717) is 5.56 Å². The van der Waals surface area contributed by atoms with Gasteiger partial charge in [-0.15, -0.1) is 0 Å². The molecule has 1 saturated heterocycles. The van der Waals surface area contributed by atoms with Gasteiger partial charge in [-0.25, -0.2) is 23.5 Å². The van der Waals surface area contributed by atoms with Crippen LogP contribution in [0.4, 0.5) is 13.6 Å². The molecule has 7 heteroatoms. The van der Waals surface area contributed by atoms with Gasteiger partial charge in [-0.05, 0) is 49.6 Å². The van der Waals surface area contributed by atoms with E-state index in [2.05, 4.69) is 10.3 Å². The van der Waals surface area contributed by atoms with E-state index >= 15 is 0 Å². The molecule has 2 atom stereocenters. The summed E-state index contributed by atoms with van der Waals surface area (Å²) in [4.78, 5) is 19.5. The Bertz CT molecular complexity index is 1160. The van der Waals surface area contributed by atoms with E-state index < -0.39 is 29.4 Å². The molecular formula is C27H27F2N3O2. The highest BCUT2D eigenvalue weighted by atomic mass is 19.1. The molecule has 3 aromatic carbocycles. The number of nitrogens with zero attached hydrogens (tertiary/aromatic N) is 2. The molecule has 1 aliphatic rings. The van der Waals surface area contributed by atoms with Gasteiger partial charge < -0.3 is 10.1 Å². The Morgan fingerprint density at radius 2 is 1.50 bits per heavy atom. The summed E-state index contributed by atoms with van der Waals surface area (Å²) in [6, 6.07) is 21.9. The van der Waals surface area contributed by atoms with Crippen LogP contribution in [0, 0.1) is 11.6 Å². The minimum Gasteiger partial charge on any atom is -0.443 e. The van der Waals surface area contributed by atoms with Crippen LogP contribution in [-0.2, 0) is 11.3 Å². The number of aliphatic imine (C=N–C) groups is 1. The first-order valence-corrected chi connectivity index (χ1v) is 11.1. The predicted octanol–water partition coefficient (Wildman–Crippen LogP) is 6.14. The van der Waals surface area contributed by atoms with E-state index in [1.807, 2.05) is 60.7 Å². The van der Waals surface area contributed by atoms with E-state index in [-0.39, 0.29) is 18.5 Å². The lowest BCUT2D eigenvalue weighted by atomic mass is 9.94. The van der Waals surface area contributed by atoms with Crippen LogP contribution in [0.2, 0.25) is 0 Å². The van der Waals surface area contributed by atoms with Crippen molar-refractivity contribution in [2.24, 2.45) is 4.99 Å². The van der Waals surface area contributed by atoms with Crippen LogP contribution in [0.15, 0.2) is 83.9 Å². The summed E-state index contributed by atoms with van der Waals surface area (Å²) in [7, 11) is 0. The van der Waals surface area contributed by atoms with Gasteiger partial charge in [-0.3, -0.25) is 0 Å². The Labute approximate surface area is 198 Å². The van der Waals surface area contributed by atoms with E-state index in [0.717, 1.165) is 17.2 Å². The van der Waals surface area contributed by atoms with Crippen LogP contribution in [0.5, 0.6) is 0 Å². The molecule has 0 aliphatic carbocycles. The quantitative estimate of drug-likeness (QED) is 0.505. The van der Waals surface area contributed by atoms with Gasteiger partial charge in [0, 0.05) is 6.07 Å². The maximum Gasteiger partial charge on any atom is 0.417 e. The number of rotatable bonds is 4. The summed E-state index contributed by atoms with van der Waals surface area (Å²) >= 11 is 0. The highest BCUT2D eigenvalue weighted by Crippen LogP contribution is 2.40. The van der Waals surface area contributed by atoms with Gasteiger partial charge in [0.2, 0.25) is 5.96 Å². The minimum absolute atomic E-state index is 0.0146. The number of ether oxygens (including phenoxy) is 1. The van der Waals surface area contributed by atoms with Crippen LogP contribution in [0.1, 0.15) is 49.5 Å². The first kappa shape index (κ1) is 23.4. The molecule has 1 heterocycles. The van der Waals surface area contributed by atoms with Crippen molar-refractivity contribution in [3.05, 3.63) is 107 Å². The number of nitrogens with one attached hydrogen (secondary N) is 1. The molecule has 176 valence electrons. The number of hydrogen-bond acceptors (Lipinski definition) is 3. The van der Waals surface area contributed by atoms with Crippen molar-refractivity contribution >= 4 is 12.1 Å². The molecule has 0 aromatic heterocycles. The Hall–Kier alpha value is -3.74. The average Bonchev–Trinajstić information content (AvgIpc) is 3.17. The van der Waals surface area contributed by atoms with Crippen LogP contribution in [0.3, 0.4) is 0 Å². The summed E-state index contributed by atoms with van der Waals surface area (Å²) in [5.74, 6) is -1.08. The molecule has 0 spiro atoms. The molecule has 4 rings (SSSR count). The number of hydrogen-bond donors (Lipinski definition) is 1. The van der Waals surface area contributed by atoms with Gasteiger partial charge in [0.25, 0.3) is 0 Å². The average molecular weight is 464 g/mol. The van der Waals surface area contributed by atoms with Gasteiger partial charge in [0.05, 0.1) is 18.6 Å². The van der Waals surface area contributed by atoms with Gasteiger partial charge in [0.1, 0.15) is 17.2 Å². The summed E-state index contributed by atoms with van der Waals surface area (Å²) in [5, 5.41) is 3.36.